The number of hydrogen-bond donors (Lipinski definition) is 1. The Morgan fingerprint density at radius 1 is 1.44 bits per heavy atom. The minimum atomic E-state index is 0.693. The average molecular weight is 218 g/mol. The molecule has 16 heavy (non-hydrogen) atoms. The molecular weight excluding hydrogens is 196 g/mol. The number of likely N-dealkylation sites (N-methyl/N-ethyl adjacent to an activating group) is 1. The van der Waals surface area contributed by atoms with E-state index < -0.39 is 0 Å². The topological polar surface area (TPSA) is 29.3 Å². The summed E-state index contributed by atoms with van der Waals surface area (Å²) in [6, 6.07) is 6.84. The number of aryl methyl sites for hydroxylation is 1. The first-order chi connectivity index (χ1) is 7.76. The van der Waals surface area contributed by atoms with Crippen molar-refractivity contribution in [3.8, 4) is 0 Å². The van der Waals surface area contributed by atoms with Gasteiger partial charge >= 0.3 is 0 Å². The SMILES string of the molecule is CCN1CC(CCCN)c2cc(C)ccc21. The molecule has 1 aliphatic rings. The van der Waals surface area contributed by atoms with Crippen LogP contribution in [0.2, 0.25) is 0 Å². The molecule has 0 amide bonds. The molecule has 2 N–H and O–H groups in total. The number of fused-ring (bicyclic) bond motifs is 1. The summed E-state index contributed by atoms with van der Waals surface area (Å²) in [6.07, 6.45) is 2.36. The molecular formula is C14H22N2. The van der Waals surface area contributed by atoms with E-state index in [1.165, 1.54) is 29.8 Å². The number of nitrogens with zero attached hydrogens (tertiary/aromatic N) is 1. The second kappa shape index (κ2) is 4.88. The summed E-state index contributed by atoms with van der Waals surface area (Å²) >= 11 is 0. The lowest BCUT2D eigenvalue weighted by molar-refractivity contribution is 0.613. The van der Waals surface area contributed by atoms with Gasteiger partial charge in [0.05, 0.1) is 0 Å². The summed E-state index contributed by atoms with van der Waals surface area (Å²) < 4.78 is 0. The van der Waals surface area contributed by atoms with E-state index in [4.69, 9.17) is 5.73 Å². The van der Waals surface area contributed by atoms with Crippen LogP contribution in [0.15, 0.2) is 18.2 Å². The fraction of sp³-hybridized carbons (Fsp3) is 0.571. The summed E-state index contributed by atoms with van der Waals surface area (Å²) in [7, 11) is 0. The number of hydrogen-bond acceptors (Lipinski definition) is 2. The molecule has 0 aliphatic carbocycles. The average Bonchev–Trinajstić information content (AvgIpc) is 2.64. The smallest absolute Gasteiger partial charge is 0.0402 e. The Hall–Kier alpha value is -1.02. The summed E-state index contributed by atoms with van der Waals surface area (Å²) in [6.45, 7) is 7.50. The van der Waals surface area contributed by atoms with E-state index in [0.29, 0.717) is 5.92 Å². The zero-order chi connectivity index (χ0) is 11.5. The maximum Gasteiger partial charge on any atom is 0.0402 e. The highest BCUT2D eigenvalue weighted by Gasteiger charge is 2.26. The van der Waals surface area contributed by atoms with Crippen molar-refractivity contribution in [3.05, 3.63) is 29.3 Å². The van der Waals surface area contributed by atoms with Crippen LogP contribution in [0.3, 0.4) is 0 Å². The van der Waals surface area contributed by atoms with Gasteiger partial charge < -0.3 is 10.6 Å². The van der Waals surface area contributed by atoms with Crippen LogP contribution in [0.1, 0.15) is 36.8 Å². The van der Waals surface area contributed by atoms with Gasteiger partial charge in [-0.3, -0.25) is 0 Å². The van der Waals surface area contributed by atoms with Crippen LogP contribution in [-0.2, 0) is 0 Å². The van der Waals surface area contributed by atoms with Crippen LogP contribution in [-0.4, -0.2) is 19.6 Å². The van der Waals surface area contributed by atoms with E-state index in [1.54, 1.807) is 0 Å². The molecule has 0 spiro atoms. The lowest BCUT2D eigenvalue weighted by Crippen LogP contribution is -2.21. The van der Waals surface area contributed by atoms with E-state index in [2.05, 4.69) is 36.9 Å². The summed E-state index contributed by atoms with van der Waals surface area (Å²) in [4.78, 5) is 2.48. The second-order valence-electron chi connectivity index (χ2n) is 4.73. The van der Waals surface area contributed by atoms with Gasteiger partial charge in [0.15, 0.2) is 0 Å². The van der Waals surface area contributed by atoms with Gasteiger partial charge in [0.2, 0.25) is 0 Å². The maximum atomic E-state index is 5.61. The Bertz CT molecular complexity index is 360. The molecule has 0 fully saturated rings. The van der Waals surface area contributed by atoms with Crippen LogP contribution in [0.5, 0.6) is 0 Å². The Morgan fingerprint density at radius 3 is 2.94 bits per heavy atom. The molecule has 0 aromatic heterocycles. The van der Waals surface area contributed by atoms with Crippen molar-refractivity contribution in [1.29, 1.82) is 0 Å². The third-order valence-electron chi connectivity index (χ3n) is 3.54. The molecule has 1 aromatic carbocycles. The largest absolute Gasteiger partial charge is 0.371 e. The van der Waals surface area contributed by atoms with Crippen molar-refractivity contribution < 1.29 is 0 Å². The van der Waals surface area contributed by atoms with Gasteiger partial charge in [-0.15, -0.1) is 0 Å². The summed E-state index contributed by atoms with van der Waals surface area (Å²) in [5.74, 6) is 0.693. The van der Waals surface area contributed by atoms with E-state index in [0.717, 1.165) is 19.5 Å². The van der Waals surface area contributed by atoms with Gasteiger partial charge in [-0.2, -0.15) is 0 Å². The molecule has 0 bridgehead atoms. The Kier molecular flexibility index (Phi) is 3.49. The zero-order valence-electron chi connectivity index (χ0n) is 10.4. The van der Waals surface area contributed by atoms with Crippen molar-refractivity contribution >= 4 is 5.69 Å². The fourth-order valence-corrected chi connectivity index (χ4v) is 2.66. The van der Waals surface area contributed by atoms with E-state index in [-0.39, 0.29) is 0 Å². The zero-order valence-corrected chi connectivity index (χ0v) is 10.4. The number of anilines is 1. The summed E-state index contributed by atoms with van der Waals surface area (Å²) in [5.41, 5.74) is 9.96. The maximum absolute atomic E-state index is 5.61. The van der Waals surface area contributed by atoms with Gasteiger partial charge in [-0.1, -0.05) is 17.7 Å². The van der Waals surface area contributed by atoms with Gasteiger partial charge in [-0.25, -0.2) is 0 Å². The highest BCUT2D eigenvalue weighted by atomic mass is 15.1. The molecule has 1 aromatic rings. The molecule has 2 nitrogen and oxygen atoms in total. The predicted molar refractivity (Wildman–Crippen MR) is 70.1 cm³/mol. The van der Waals surface area contributed by atoms with Crippen LogP contribution in [0.4, 0.5) is 5.69 Å². The summed E-state index contributed by atoms with van der Waals surface area (Å²) in [5, 5.41) is 0. The van der Waals surface area contributed by atoms with Crippen LogP contribution in [0, 0.1) is 6.92 Å². The molecule has 2 rings (SSSR count). The van der Waals surface area contributed by atoms with Crippen molar-refractivity contribution in [1.82, 2.24) is 0 Å². The van der Waals surface area contributed by atoms with Gasteiger partial charge in [0.1, 0.15) is 0 Å². The van der Waals surface area contributed by atoms with Crippen LogP contribution < -0.4 is 10.6 Å². The van der Waals surface area contributed by atoms with Gasteiger partial charge in [0, 0.05) is 24.7 Å². The number of nitrogens with two attached hydrogens (primary N) is 1. The molecule has 1 unspecified atom stereocenters. The first-order valence-electron chi connectivity index (χ1n) is 6.31. The highest BCUT2D eigenvalue weighted by molar-refractivity contribution is 5.61. The molecule has 0 saturated carbocycles. The Balaban J connectivity index is 2.24. The lowest BCUT2D eigenvalue weighted by atomic mass is 9.95. The Labute approximate surface area is 98.4 Å². The second-order valence-corrected chi connectivity index (χ2v) is 4.73. The van der Waals surface area contributed by atoms with Gasteiger partial charge in [-0.05, 0) is 44.9 Å². The first kappa shape index (κ1) is 11.5. The van der Waals surface area contributed by atoms with Crippen LogP contribution >= 0.6 is 0 Å². The third kappa shape index (κ3) is 2.07. The minimum Gasteiger partial charge on any atom is -0.371 e. The molecule has 0 radical (unpaired) electrons. The molecule has 2 heteroatoms. The fourth-order valence-electron chi connectivity index (χ4n) is 2.66. The molecule has 1 atom stereocenters. The standard InChI is InChI=1S/C14H22N2/c1-3-16-10-12(5-4-8-15)13-9-11(2)6-7-14(13)16/h6-7,9,12H,3-5,8,10,15H2,1-2H3. The van der Waals surface area contributed by atoms with E-state index >= 15 is 0 Å². The van der Waals surface area contributed by atoms with Gasteiger partial charge in [0.25, 0.3) is 0 Å². The van der Waals surface area contributed by atoms with E-state index in [1.807, 2.05) is 0 Å². The first-order valence-corrected chi connectivity index (χ1v) is 6.31. The van der Waals surface area contributed by atoms with Crippen molar-refractivity contribution in [2.45, 2.75) is 32.6 Å². The van der Waals surface area contributed by atoms with Crippen molar-refractivity contribution in [2.24, 2.45) is 5.73 Å². The molecule has 88 valence electrons. The number of benzene rings is 1. The number of rotatable bonds is 4. The highest BCUT2D eigenvalue weighted by Crippen LogP contribution is 2.38. The monoisotopic (exact) mass is 218 g/mol. The van der Waals surface area contributed by atoms with Crippen LogP contribution in [0.25, 0.3) is 0 Å². The molecule has 0 saturated heterocycles. The quantitative estimate of drug-likeness (QED) is 0.842. The van der Waals surface area contributed by atoms with Crippen molar-refractivity contribution in [2.75, 3.05) is 24.5 Å². The van der Waals surface area contributed by atoms with Crippen molar-refractivity contribution in [3.63, 3.8) is 0 Å². The molecule has 1 heterocycles. The molecule has 1 aliphatic heterocycles. The normalized spacial score (nSPS) is 18.9. The lowest BCUT2D eigenvalue weighted by Gasteiger charge is -2.17. The predicted octanol–water partition coefficient (Wildman–Crippen LogP) is 2.66. The van der Waals surface area contributed by atoms with E-state index in [9.17, 15) is 0 Å². The Morgan fingerprint density at radius 2 is 2.25 bits per heavy atom. The minimum absolute atomic E-state index is 0.693. The third-order valence-corrected chi connectivity index (χ3v) is 3.54.